The normalized spacial score (nSPS) is 12.2. The molecule has 2 heterocycles. The van der Waals surface area contributed by atoms with Crippen molar-refractivity contribution in [3.05, 3.63) is 39.6 Å². The summed E-state index contributed by atoms with van der Waals surface area (Å²) in [5.41, 5.74) is 0.400. The zero-order valence-corrected chi connectivity index (χ0v) is 14.7. The Morgan fingerprint density at radius 2 is 2.17 bits per heavy atom. The van der Waals surface area contributed by atoms with E-state index in [1.54, 1.807) is 18.2 Å². The maximum atomic E-state index is 12.4. The van der Waals surface area contributed by atoms with E-state index in [1.807, 2.05) is 19.9 Å². The standard InChI is InChI=1S/C15H15N5O2S2/c1-3-11(13(22)18-15-20-19-8(2)23-15)24-14-16-10-7-5-4-6-9(10)12(21)17-14/h4-7,11H,3H2,1-2H3,(H,16,17,21)(H,18,20,22). The number of aromatic amines is 1. The summed E-state index contributed by atoms with van der Waals surface area (Å²) in [5, 5.41) is 12.3. The van der Waals surface area contributed by atoms with E-state index >= 15 is 0 Å². The molecule has 2 aromatic heterocycles. The number of thioether (sulfide) groups is 1. The Morgan fingerprint density at radius 1 is 1.38 bits per heavy atom. The molecular weight excluding hydrogens is 346 g/mol. The Labute approximate surface area is 145 Å². The van der Waals surface area contributed by atoms with E-state index in [-0.39, 0.29) is 11.5 Å². The third-order valence-electron chi connectivity index (χ3n) is 3.26. The van der Waals surface area contributed by atoms with E-state index in [4.69, 9.17) is 0 Å². The number of aryl methyl sites for hydroxylation is 1. The number of nitrogens with zero attached hydrogens (tertiary/aromatic N) is 3. The van der Waals surface area contributed by atoms with Gasteiger partial charge in [0.15, 0.2) is 5.16 Å². The zero-order valence-electron chi connectivity index (χ0n) is 13.1. The molecule has 7 nitrogen and oxygen atoms in total. The molecule has 1 aromatic carbocycles. The highest BCUT2D eigenvalue weighted by Gasteiger charge is 2.21. The number of carbonyl (C=O) groups is 1. The molecule has 9 heteroatoms. The summed E-state index contributed by atoms with van der Waals surface area (Å²) >= 11 is 2.55. The van der Waals surface area contributed by atoms with Gasteiger partial charge in [-0.25, -0.2) is 4.98 Å². The average Bonchev–Trinajstić information content (AvgIpc) is 2.97. The Bertz CT molecular complexity index is 937. The predicted molar refractivity (Wildman–Crippen MR) is 95.6 cm³/mol. The highest BCUT2D eigenvalue weighted by atomic mass is 32.2. The number of aromatic nitrogens is 4. The number of fused-ring (bicyclic) bond motifs is 1. The number of carbonyl (C=O) groups excluding carboxylic acids is 1. The first kappa shape index (κ1) is 16.6. The SMILES string of the molecule is CCC(Sc1nc2ccccc2c(=O)[nH]1)C(=O)Nc1nnc(C)s1. The molecule has 0 bridgehead atoms. The highest BCUT2D eigenvalue weighted by Crippen LogP contribution is 2.24. The summed E-state index contributed by atoms with van der Waals surface area (Å²) in [6, 6.07) is 7.11. The van der Waals surface area contributed by atoms with E-state index in [2.05, 4.69) is 25.5 Å². The van der Waals surface area contributed by atoms with E-state index in [0.717, 1.165) is 5.01 Å². The third-order valence-corrected chi connectivity index (χ3v) is 5.27. The summed E-state index contributed by atoms with van der Waals surface area (Å²) in [5.74, 6) is -0.186. The fourth-order valence-corrected chi connectivity index (χ4v) is 3.61. The summed E-state index contributed by atoms with van der Waals surface area (Å²) < 4.78 is 0. The number of H-pyrrole nitrogens is 1. The molecule has 1 atom stereocenters. The van der Waals surface area contributed by atoms with Crippen molar-refractivity contribution in [1.29, 1.82) is 0 Å². The number of hydrogen-bond acceptors (Lipinski definition) is 7. The lowest BCUT2D eigenvalue weighted by Crippen LogP contribution is -2.25. The molecule has 1 amide bonds. The molecule has 0 aliphatic heterocycles. The molecular formula is C15H15N5O2S2. The van der Waals surface area contributed by atoms with Gasteiger partial charge in [-0.3, -0.25) is 14.9 Å². The van der Waals surface area contributed by atoms with E-state index < -0.39 is 5.25 Å². The van der Waals surface area contributed by atoms with Gasteiger partial charge in [0.1, 0.15) is 5.01 Å². The minimum atomic E-state index is -0.390. The first-order valence-electron chi connectivity index (χ1n) is 7.33. The molecule has 0 radical (unpaired) electrons. The lowest BCUT2D eigenvalue weighted by Gasteiger charge is -2.12. The maximum absolute atomic E-state index is 12.4. The van der Waals surface area contributed by atoms with Gasteiger partial charge in [-0.1, -0.05) is 42.2 Å². The monoisotopic (exact) mass is 361 g/mol. The first-order chi connectivity index (χ1) is 11.6. The smallest absolute Gasteiger partial charge is 0.259 e. The summed E-state index contributed by atoms with van der Waals surface area (Å²) in [6.45, 7) is 3.73. The van der Waals surface area contributed by atoms with Crippen LogP contribution < -0.4 is 10.9 Å². The zero-order chi connectivity index (χ0) is 17.1. The fourth-order valence-electron chi connectivity index (χ4n) is 2.11. The largest absolute Gasteiger partial charge is 0.301 e. The quantitative estimate of drug-likeness (QED) is 0.535. The van der Waals surface area contributed by atoms with Gasteiger partial charge in [-0.05, 0) is 25.5 Å². The predicted octanol–water partition coefficient (Wildman–Crippen LogP) is 2.59. The molecule has 3 aromatic rings. The van der Waals surface area contributed by atoms with Crippen LogP contribution in [0.2, 0.25) is 0 Å². The molecule has 0 aliphatic rings. The lowest BCUT2D eigenvalue weighted by molar-refractivity contribution is -0.115. The van der Waals surface area contributed by atoms with Crippen LogP contribution in [-0.2, 0) is 4.79 Å². The van der Waals surface area contributed by atoms with Crippen LogP contribution in [0.3, 0.4) is 0 Å². The minimum absolute atomic E-state index is 0.186. The van der Waals surface area contributed by atoms with Gasteiger partial charge < -0.3 is 4.98 Å². The Balaban J connectivity index is 1.79. The van der Waals surface area contributed by atoms with Crippen molar-refractivity contribution >= 4 is 45.0 Å². The number of rotatable bonds is 5. The van der Waals surface area contributed by atoms with Crippen LogP contribution >= 0.6 is 23.1 Å². The van der Waals surface area contributed by atoms with Gasteiger partial charge in [-0.2, -0.15) is 0 Å². The van der Waals surface area contributed by atoms with Gasteiger partial charge in [0.25, 0.3) is 5.56 Å². The Morgan fingerprint density at radius 3 is 2.88 bits per heavy atom. The van der Waals surface area contributed by atoms with Crippen molar-refractivity contribution in [2.45, 2.75) is 30.7 Å². The van der Waals surface area contributed by atoms with E-state index in [1.165, 1.54) is 23.1 Å². The number of amides is 1. The molecule has 0 saturated carbocycles. The van der Waals surface area contributed by atoms with Gasteiger partial charge in [-0.15, -0.1) is 10.2 Å². The van der Waals surface area contributed by atoms with Crippen molar-refractivity contribution in [2.75, 3.05) is 5.32 Å². The van der Waals surface area contributed by atoms with Gasteiger partial charge in [0.05, 0.1) is 16.2 Å². The van der Waals surface area contributed by atoms with Crippen LogP contribution in [0.5, 0.6) is 0 Å². The number of nitrogens with one attached hydrogen (secondary N) is 2. The van der Waals surface area contributed by atoms with Crippen LogP contribution in [0.4, 0.5) is 5.13 Å². The second kappa shape index (κ2) is 7.10. The molecule has 124 valence electrons. The lowest BCUT2D eigenvalue weighted by atomic mass is 10.2. The molecule has 0 fully saturated rings. The summed E-state index contributed by atoms with van der Waals surface area (Å²) in [6.07, 6.45) is 0.588. The topological polar surface area (TPSA) is 101 Å². The van der Waals surface area contributed by atoms with Crippen LogP contribution in [0.15, 0.2) is 34.2 Å². The molecule has 2 N–H and O–H groups in total. The van der Waals surface area contributed by atoms with Crippen LogP contribution in [-0.4, -0.2) is 31.3 Å². The second-order valence-corrected chi connectivity index (χ2v) is 7.39. The van der Waals surface area contributed by atoms with E-state index in [9.17, 15) is 9.59 Å². The van der Waals surface area contributed by atoms with Crippen molar-refractivity contribution in [3.63, 3.8) is 0 Å². The average molecular weight is 361 g/mol. The fraction of sp³-hybridized carbons (Fsp3) is 0.267. The maximum Gasteiger partial charge on any atom is 0.259 e. The third kappa shape index (κ3) is 3.62. The van der Waals surface area contributed by atoms with Gasteiger partial charge in [0.2, 0.25) is 11.0 Å². The van der Waals surface area contributed by atoms with Crippen molar-refractivity contribution in [3.8, 4) is 0 Å². The van der Waals surface area contributed by atoms with Crippen molar-refractivity contribution in [2.24, 2.45) is 0 Å². The molecule has 0 spiro atoms. The Kier molecular flexibility index (Phi) is 4.91. The highest BCUT2D eigenvalue weighted by molar-refractivity contribution is 8.00. The number of para-hydroxylation sites is 1. The van der Waals surface area contributed by atoms with Crippen molar-refractivity contribution < 1.29 is 4.79 Å². The van der Waals surface area contributed by atoms with Crippen LogP contribution in [0.1, 0.15) is 18.4 Å². The first-order valence-corrected chi connectivity index (χ1v) is 9.03. The number of hydrogen-bond donors (Lipinski definition) is 2. The molecule has 24 heavy (non-hydrogen) atoms. The molecule has 1 unspecified atom stereocenters. The number of anilines is 1. The molecule has 0 saturated heterocycles. The molecule has 0 aliphatic carbocycles. The summed E-state index contributed by atoms with van der Waals surface area (Å²) in [7, 11) is 0. The van der Waals surface area contributed by atoms with Crippen LogP contribution in [0.25, 0.3) is 10.9 Å². The van der Waals surface area contributed by atoms with Gasteiger partial charge >= 0.3 is 0 Å². The van der Waals surface area contributed by atoms with Crippen molar-refractivity contribution in [1.82, 2.24) is 20.2 Å². The van der Waals surface area contributed by atoms with Gasteiger partial charge in [0, 0.05) is 0 Å². The Hall–Kier alpha value is -2.26. The molecule has 3 rings (SSSR count). The van der Waals surface area contributed by atoms with E-state index in [0.29, 0.717) is 27.6 Å². The minimum Gasteiger partial charge on any atom is -0.301 e. The van der Waals surface area contributed by atoms with Crippen LogP contribution in [0, 0.1) is 6.92 Å². The summed E-state index contributed by atoms with van der Waals surface area (Å²) in [4.78, 5) is 31.6. The number of benzene rings is 1. The second-order valence-electron chi connectivity index (χ2n) is 5.02.